The molecule has 1 aliphatic heterocycles. The van der Waals surface area contributed by atoms with Crippen molar-refractivity contribution in [3.05, 3.63) is 53.9 Å². The molecular weight excluding hydrogens is 396 g/mol. The minimum atomic E-state index is 0.767. The van der Waals surface area contributed by atoms with E-state index in [0.717, 1.165) is 55.3 Å². The van der Waals surface area contributed by atoms with Crippen LogP contribution in [0.4, 0.5) is 5.13 Å². The lowest BCUT2D eigenvalue weighted by Crippen LogP contribution is -2.46. The standard InChI is InChI=1S/C22H30N6OS/c1-3-10-26-12-14-27(15-13-26)21-24-25-22(30-21)28-11-4-5-19(28)17-23-16-18-6-8-20(29-2)9-7-18/h4-9,11,23H,3,10,12-17H2,1-2H3. The Balaban J connectivity index is 1.34. The molecule has 0 aliphatic carbocycles. The molecule has 3 aromatic rings. The number of methoxy groups -OCH3 is 1. The number of anilines is 1. The van der Waals surface area contributed by atoms with Crippen LogP contribution in [0.1, 0.15) is 24.6 Å². The van der Waals surface area contributed by atoms with Crippen LogP contribution in [-0.2, 0) is 13.1 Å². The first-order valence-electron chi connectivity index (χ1n) is 10.6. The second kappa shape index (κ2) is 10.1. The Morgan fingerprint density at radius 2 is 1.77 bits per heavy atom. The van der Waals surface area contributed by atoms with Crippen molar-refractivity contribution in [1.29, 1.82) is 0 Å². The highest BCUT2D eigenvalue weighted by molar-refractivity contribution is 7.17. The highest BCUT2D eigenvalue weighted by Crippen LogP contribution is 2.25. The first-order chi connectivity index (χ1) is 14.8. The number of hydrogen-bond acceptors (Lipinski definition) is 7. The van der Waals surface area contributed by atoms with Gasteiger partial charge in [-0.15, -0.1) is 10.2 Å². The molecule has 8 heteroatoms. The van der Waals surface area contributed by atoms with Crippen molar-refractivity contribution in [2.75, 3.05) is 44.7 Å². The van der Waals surface area contributed by atoms with Crippen LogP contribution in [0.5, 0.6) is 5.75 Å². The number of ether oxygens (including phenoxy) is 1. The van der Waals surface area contributed by atoms with Crippen molar-refractivity contribution in [3.8, 4) is 10.9 Å². The van der Waals surface area contributed by atoms with Crippen LogP contribution in [0, 0.1) is 0 Å². The highest BCUT2D eigenvalue weighted by atomic mass is 32.1. The lowest BCUT2D eigenvalue weighted by Gasteiger charge is -2.33. The summed E-state index contributed by atoms with van der Waals surface area (Å²) in [4.78, 5) is 4.88. The van der Waals surface area contributed by atoms with E-state index in [1.54, 1.807) is 18.4 Å². The molecule has 7 nitrogen and oxygen atoms in total. The first kappa shape index (κ1) is 20.8. The highest BCUT2D eigenvalue weighted by Gasteiger charge is 2.20. The molecular formula is C22H30N6OS. The molecule has 3 heterocycles. The third-order valence-corrected chi connectivity index (χ3v) is 6.40. The van der Waals surface area contributed by atoms with E-state index in [1.165, 1.54) is 24.2 Å². The number of piperazine rings is 1. The average molecular weight is 427 g/mol. The van der Waals surface area contributed by atoms with Crippen molar-refractivity contribution in [1.82, 2.24) is 25.0 Å². The van der Waals surface area contributed by atoms with Crippen LogP contribution in [0.2, 0.25) is 0 Å². The van der Waals surface area contributed by atoms with Gasteiger partial charge < -0.3 is 15.0 Å². The van der Waals surface area contributed by atoms with Crippen LogP contribution in [-0.4, -0.2) is 59.5 Å². The van der Waals surface area contributed by atoms with E-state index in [0.29, 0.717) is 0 Å². The molecule has 1 saturated heterocycles. The summed E-state index contributed by atoms with van der Waals surface area (Å²) in [5.41, 5.74) is 2.41. The Kier molecular flexibility index (Phi) is 6.99. The zero-order valence-electron chi connectivity index (χ0n) is 17.8. The molecule has 0 unspecified atom stereocenters. The van der Waals surface area contributed by atoms with E-state index in [4.69, 9.17) is 4.74 Å². The number of nitrogens with one attached hydrogen (secondary N) is 1. The summed E-state index contributed by atoms with van der Waals surface area (Å²) in [5.74, 6) is 0.881. The Bertz CT molecular complexity index is 914. The maximum absolute atomic E-state index is 5.22. The molecule has 30 heavy (non-hydrogen) atoms. The largest absolute Gasteiger partial charge is 0.497 e. The van der Waals surface area contributed by atoms with Gasteiger partial charge in [0, 0.05) is 51.2 Å². The van der Waals surface area contributed by atoms with Gasteiger partial charge in [-0.25, -0.2) is 0 Å². The zero-order chi connectivity index (χ0) is 20.8. The van der Waals surface area contributed by atoms with Gasteiger partial charge >= 0.3 is 0 Å². The summed E-state index contributed by atoms with van der Waals surface area (Å²) in [6, 6.07) is 12.3. The van der Waals surface area contributed by atoms with Crippen LogP contribution in [0.25, 0.3) is 5.13 Å². The molecule has 0 spiro atoms. The second-order valence-electron chi connectivity index (χ2n) is 7.52. The summed E-state index contributed by atoms with van der Waals surface area (Å²) in [5, 5.41) is 14.4. The van der Waals surface area contributed by atoms with Crippen LogP contribution in [0.15, 0.2) is 42.6 Å². The Hall–Kier alpha value is -2.42. The summed E-state index contributed by atoms with van der Waals surface area (Å²) >= 11 is 1.67. The molecule has 1 fully saturated rings. The fraction of sp³-hybridized carbons (Fsp3) is 0.455. The molecule has 160 valence electrons. The minimum absolute atomic E-state index is 0.767. The maximum atomic E-state index is 5.22. The average Bonchev–Trinajstić information content (AvgIpc) is 3.44. The van der Waals surface area contributed by atoms with Gasteiger partial charge in [-0.2, -0.15) is 0 Å². The van der Waals surface area contributed by atoms with Gasteiger partial charge in [0.05, 0.1) is 7.11 Å². The van der Waals surface area contributed by atoms with Crippen molar-refractivity contribution in [2.24, 2.45) is 0 Å². The van der Waals surface area contributed by atoms with Crippen molar-refractivity contribution < 1.29 is 4.74 Å². The monoisotopic (exact) mass is 426 g/mol. The van der Waals surface area contributed by atoms with Gasteiger partial charge in [0.15, 0.2) is 0 Å². The third kappa shape index (κ3) is 5.00. The van der Waals surface area contributed by atoms with Gasteiger partial charge in [-0.3, -0.25) is 9.47 Å². The molecule has 0 radical (unpaired) electrons. The number of benzene rings is 1. The molecule has 0 bridgehead atoms. The van der Waals surface area contributed by atoms with Gasteiger partial charge in [0.1, 0.15) is 5.75 Å². The van der Waals surface area contributed by atoms with Gasteiger partial charge in [-0.05, 0) is 42.8 Å². The van der Waals surface area contributed by atoms with E-state index < -0.39 is 0 Å². The summed E-state index contributed by atoms with van der Waals surface area (Å²) in [6.07, 6.45) is 3.28. The lowest BCUT2D eigenvalue weighted by atomic mass is 10.2. The van der Waals surface area contributed by atoms with E-state index >= 15 is 0 Å². The van der Waals surface area contributed by atoms with Crippen molar-refractivity contribution in [2.45, 2.75) is 26.4 Å². The molecule has 1 aliphatic rings. The number of nitrogens with zero attached hydrogens (tertiary/aromatic N) is 5. The van der Waals surface area contributed by atoms with Crippen LogP contribution >= 0.6 is 11.3 Å². The van der Waals surface area contributed by atoms with E-state index in [-0.39, 0.29) is 0 Å². The molecule has 4 rings (SSSR count). The SMILES string of the molecule is CCCN1CCN(c2nnc(-n3cccc3CNCc3ccc(OC)cc3)s2)CC1. The Morgan fingerprint density at radius 1 is 1.00 bits per heavy atom. The van der Waals surface area contributed by atoms with Gasteiger partial charge in [-0.1, -0.05) is 30.4 Å². The van der Waals surface area contributed by atoms with Crippen molar-refractivity contribution >= 4 is 16.5 Å². The van der Waals surface area contributed by atoms with E-state index in [9.17, 15) is 0 Å². The van der Waals surface area contributed by atoms with Crippen LogP contribution in [0.3, 0.4) is 0 Å². The quantitative estimate of drug-likeness (QED) is 0.567. The predicted octanol–water partition coefficient (Wildman–Crippen LogP) is 3.16. The van der Waals surface area contributed by atoms with Crippen molar-refractivity contribution in [3.63, 3.8) is 0 Å². The topological polar surface area (TPSA) is 58.5 Å². The fourth-order valence-electron chi connectivity index (χ4n) is 3.74. The van der Waals surface area contributed by atoms with E-state index in [1.807, 2.05) is 12.1 Å². The molecule has 1 aromatic carbocycles. The summed E-state index contributed by atoms with van der Waals surface area (Å²) < 4.78 is 7.35. The smallest absolute Gasteiger partial charge is 0.218 e. The molecule has 0 atom stereocenters. The minimum Gasteiger partial charge on any atom is -0.497 e. The number of hydrogen-bond donors (Lipinski definition) is 1. The number of aromatic nitrogens is 3. The molecule has 0 saturated carbocycles. The summed E-state index contributed by atoms with van der Waals surface area (Å²) in [7, 11) is 1.69. The summed E-state index contributed by atoms with van der Waals surface area (Å²) in [6.45, 7) is 9.25. The molecule has 2 aromatic heterocycles. The predicted molar refractivity (Wildman–Crippen MR) is 122 cm³/mol. The Morgan fingerprint density at radius 3 is 2.50 bits per heavy atom. The van der Waals surface area contributed by atoms with Gasteiger partial charge in [0.25, 0.3) is 0 Å². The normalized spacial score (nSPS) is 14.9. The third-order valence-electron chi connectivity index (χ3n) is 5.42. The van der Waals surface area contributed by atoms with Gasteiger partial charge in [0.2, 0.25) is 10.3 Å². The maximum Gasteiger partial charge on any atom is 0.218 e. The second-order valence-corrected chi connectivity index (χ2v) is 8.45. The Labute approximate surface area is 182 Å². The molecule has 0 amide bonds. The first-order valence-corrected chi connectivity index (χ1v) is 11.4. The number of rotatable bonds is 9. The lowest BCUT2D eigenvalue weighted by molar-refractivity contribution is 0.258. The van der Waals surface area contributed by atoms with E-state index in [2.05, 4.69) is 67.3 Å². The fourth-order valence-corrected chi connectivity index (χ4v) is 4.65. The molecule has 1 N–H and O–H groups in total. The zero-order valence-corrected chi connectivity index (χ0v) is 18.6. The van der Waals surface area contributed by atoms with Crippen LogP contribution < -0.4 is 15.0 Å².